The molecule has 32 heavy (non-hydrogen) atoms. The number of benzene rings is 2. The average Bonchev–Trinajstić information content (AvgIpc) is 3.21. The molecule has 0 fully saturated rings. The van der Waals surface area contributed by atoms with Crippen molar-refractivity contribution in [3.63, 3.8) is 0 Å². The SMILES string of the molecule is CN=C(NCCc1nnc2ccccn12)NCc1ccc(C)cc1Oc1ccccc1.I. The Hall–Kier alpha value is -3.14. The second-order valence-electron chi connectivity index (χ2n) is 7.17. The van der Waals surface area contributed by atoms with E-state index in [2.05, 4.69) is 50.9 Å². The Morgan fingerprint density at radius 1 is 1.00 bits per heavy atom. The van der Waals surface area contributed by atoms with Crippen LogP contribution in [0.3, 0.4) is 0 Å². The number of nitrogens with zero attached hydrogens (tertiary/aromatic N) is 4. The topological polar surface area (TPSA) is 75.8 Å². The van der Waals surface area contributed by atoms with E-state index in [4.69, 9.17) is 4.74 Å². The van der Waals surface area contributed by atoms with Crippen LogP contribution in [0, 0.1) is 6.92 Å². The molecule has 0 saturated carbocycles. The molecule has 2 N–H and O–H groups in total. The number of rotatable bonds is 7. The van der Waals surface area contributed by atoms with Gasteiger partial charge in [0.2, 0.25) is 0 Å². The first-order chi connectivity index (χ1) is 15.2. The van der Waals surface area contributed by atoms with Crippen LogP contribution in [0.2, 0.25) is 0 Å². The number of fused-ring (bicyclic) bond motifs is 1. The number of hydrogen-bond acceptors (Lipinski definition) is 4. The molecular formula is C24H27IN6O. The molecule has 0 radical (unpaired) electrons. The number of para-hydroxylation sites is 1. The normalized spacial score (nSPS) is 11.1. The highest BCUT2D eigenvalue weighted by molar-refractivity contribution is 14.0. The number of pyridine rings is 1. The predicted octanol–water partition coefficient (Wildman–Crippen LogP) is 4.36. The maximum Gasteiger partial charge on any atom is 0.191 e. The molecule has 4 rings (SSSR count). The van der Waals surface area contributed by atoms with Gasteiger partial charge < -0.3 is 15.4 Å². The Balaban J connectivity index is 0.00000289. The van der Waals surface area contributed by atoms with Crippen LogP contribution in [0.4, 0.5) is 0 Å². The van der Waals surface area contributed by atoms with Gasteiger partial charge in [0.05, 0.1) is 0 Å². The van der Waals surface area contributed by atoms with Crippen LogP contribution < -0.4 is 15.4 Å². The van der Waals surface area contributed by atoms with Crippen molar-refractivity contribution >= 4 is 35.6 Å². The van der Waals surface area contributed by atoms with Crippen LogP contribution in [-0.2, 0) is 13.0 Å². The maximum absolute atomic E-state index is 6.11. The van der Waals surface area contributed by atoms with E-state index < -0.39 is 0 Å². The molecule has 0 unspecified atom stereocenters. The van der Waals surface area contributed by atoms with Gasteiger partial charge in [-0.15, -0.1) is 34.2 Å². The Kier molecular flexibility index (Phi) is 8.43. The lowest BCUT2D eigenvalue weighted by Gasteiger charge is -2.15. The van der Waals surface area contributed by atoms with Gasteiger partial charge in [0.1, 0.15) is 17.3 Å². The maximum atomic E-state index is 6.11. The van der Waals surface area contributed by atoms with Gasteiger partial charge in [-0.05, 0) is 42.8 Å². The minimum Gasteiger partial charge on any atom is -0.457 e. The fourth-order valence-electron chi connectivity index (χ4n) is 3.27. The van der Waals surface area contributed by atoms with Crippen LogP contribution in [0.5, 0.6) is 11.5 Å². The largest absolute Gasteiger partial charge is 0.457 e. The summed E-state index contributed by atoms with van der Waals surface area (Å²) in [7, 11) is 1.76. The molecule has 8 heteroatoms. The summed E-state index contributed by atoms with van der Waals surface area (Å²) in [6.45, 7) is 3.34. The van der Waals surface area contributed by atoms with Crippen molar-refractivity contribution in [3.8, 4) is 11.5 Å². The highest BCUT2D eigenvalue weighted by atomic mass is 127. The minimum atomic E-state index is 0. The zero-order valence-electron chi connectivity index (χ0n) is 18.2. The highest BCUT2D eigenvalue weighted by Crippen LogP contribution is 2.26. The quantitative estimate of drug-likeness (QED) is 0.206. The standard InChI is InChI=1S/C24H26N6O.HI/c1-18-11-12-19(21(16-18)31-20-8-4-3-5-9-20)17-27-24(25-2)26-14-13-23-29-28-22-10-6-7-15-30(22)23;/h3-12,15-16H,13-14,17H2,1-2H3,(H2,25,26,27);1H. The number of guanidine groups is 1. The lowest BCUT2D eigenvalue weighted by Crippen LogP contribution is -2.38. The monoisotopic (exact) mass is 542 g/mol. The first kappa shape index (κ1) is 23.5. The van der Waals surface area contributed by atoms with Gasteiger partial charge in [0.15, 0.2) is 11.6 Å². The van der Waals surface area contributed by atoms with Crippen molar-refractivity contribution in [1.82, 2.24) is 25.2 Å². The smallest absolute Gasteiger partial charge is 0.191 e. The van der Waals surface area contributed by atoms with Crippen molar-refractivity contribution in [1.29, 1.82) is 0 Å². The summed E-state index contributed by atoms with van der Waals surface area (Å²) >= 11 is 0. The lowest BCUT2D eigenvalue weighted by atomic mass is 10.1. The van der Waals surface area contributed by atoms with E-state index in [9.17, 15) is 0 Å². The summed E-state index contributed by atoms with van der Waals surface area (Å²) in [5.74, 6) is 3.29. The number of aryl methyl sites for hydroxylation is 1. The van der Waals surface area contributed by atoms with Gasteiger partial charge >= 0.3 is 0 Å². The number of aliphatic imine (C=N–C) groups is 1. The molecule has 0 aliphatic heterocycles. The van der Waals surface area contributed by atoms with Gasteiger partial charge in [0.25, 0.3) is 0 Å². The van der Waals surface area contributed by atoms with Crippen LogP contribution >= 0.6 is 24.0 Å². The molecule has 2 aromatic heterocycles. The van der Waals surface area contributed by atoms with Crippen LogP contribution in [0.1, 0.15) is 17.0 Å². The summed E-state index contributed by atoms with van der Waals surface area (Å²) in [4.78, 5) is 4.33. The molecule has 4 aromatic rings. The molecule has 2 aromatic carbocycles. The molecule has 166 valence electrons. The van der Waals surface area contributed by atoms with Crippen molar-refractivity contribution < 1.29 is 4.74 Å². The summed E-state index contributed by atoms with van der Waals surface area (Å²) in [5.41, 5.74) is 3.06. The molecule has 0 spiro atoms. The second kappa shape index (κ2) is 11.5. The summed E-state index contributed by atoms with van der Waals surface area (Å²) in [5, 5.41) is 15.2. The van der Waals surface area contributed by atoms with Gasteiger partial charge in [-0.25, -0.2) is 0 Å². The van der Waals surface area contributed by atoms with E-state index in [-0.39, 0.29) is 24.0 Å². The minimum absolute atomic E-state index is 0. The van der Waals surface area contributed by atoms with E-state index >= 15 is 0 Å². The van der Waals surface area contributed by atoms with E-state index in [0.29, 0.717) is 13.1 Å². The number of halogens is 1. The molecule has 7 nitrogen and oxygen atoms in total. The predicted molar refractivity (Wildman–Crippen MR) is 138 cm³/mol. The molecule has 0 bridgehead atoms. The van der Waals surface area contributed by atoms with Crippen molar-refractivity contribution in [2.75, 3.05) is 13.6 Å². The molecule has 0 aliphatic carbocycles. The number of ether oxygens (including phenoxy) is 1. The summed E-state index contributed by atoms with van der Waals surface area (Å²) < 4.78 is 8.11. The van der Waals surface area contributed by atoms with Crippen LogP contribution in [0.25, 0.3) is 5.65 Å². The summed E-state index contributed by atoms with van der Waals surface area (Å²) in [6, 6.07) is 21.9. The van der Waals surface area contributed by atoms with E-state index in [1.807, 2.05) is 59.1 Å². The fraction of sp³-hybridized carbons (Fsp3) is 0.208. The van der Waals surface area contributed by atoms with Crippen molar-refractivity contribution in [2.24, 2.45) is 4.99 Å². The second-order valence-corrected chi connectivity index (χ2v) is 7.17. The third-order valence-electron chi connectivity index (χ3n) is 4.89. The molecule has 0 aliphatic rings. The molecular weight excluding hydrogens is 515 g/mol. The number of hydrogen-bond donors (Lipinski definition) is 2. The Bertz CT molecular complexity index is 1180. The molecule has 2 heterocycles. The molecule has 0 saturated heterocycles. The first-order valence-corrected chi connectivity index (χ1v) is 10.3. The van der Waals surface area contributed by atoms with Crippen molar-refractivity contribution in [2.45, 2.75) is 19.9 Å². The summed E-state index contributed by atoms with van der Waals surface area (Å²) in [6.07, 6.45) is 2.71. The van der Waals surface area contributed by atoms with Crippen LogP contribution in [0.15, 0.2) is 77.9 Å². The molecule has 0 atom stereocenters. The Morgan fingerprint density at radius 3 is 2.62 bits per heavy atom. The van der Waals surface area contributed by atoms with Crippen LogP contribution in [-0.4, -0.2) is 34.2 Å². The zero-order chi connectivity index (χ0) is 21.5. The third kappa shape index (κ3) is 5.97. The van der Waals surface area contributed by atoms with Gasteiger partial charge in [-0.1, -0.05) is 36.4 Å². The van der Waals surface area contributed by atoms with E-state index in [1.54, 1.807) is 7.05 Å². The van der Waals surface area contributed by atoms with Gasteiger partial charge in [-0.2, -0.15) is 0 Å². The lowest BCUT2D eigenvalue weighted by molar-refractivity contribution is 0.474. The van der Waals surface area contributed by atoms with E-state index in [0.717, 1.165) is 46.5 Å². The molecule has 0 amide bonds. The average molecular weight is 542 g/mol. The third-order valence-corrected chi connectivity index (χ3v) is 4.89. The number of nitrogens with one attached hydrogen (secondary N) is 2. The number of aromatic nitrogens is 3. The first-order valence-electron chi connectivity index (χ1n) is 10.3. The fourth-order valence-corrected chi connectivity index (χ4v) is 3.27. The van der Waals surface area contributed by atoms with Crippen molar-refractivity contribution in [3.05, 3.63) is 89.9 Å². The zero-order valence-corrected chi connectivity index (χ0v) is 20.5. The van der Waals surface area contributed by atoms with Gasteiger partial charge in [0, 0.05) is 38.3 Å². The van der Waals surface area contributed by atoms with E-state index in [1.165, 1.54) is 0 Å². The Labute approximate surface area is 205 Å². The highest BCUT2D eigenvalue weighted by Gasteiger charge is 2.08. The Morgan fingerprint density at radius 2 is 1.81 bits per heavy atom. The van der Waals surface area contributed by atoms with Gasteiger partial charge in [-0.3, -0.25) is 9.39 Å².